The number of aromatic hydroxyl groups is 1. The van der Waals surface area contributed by atoms with E-state index in [9.17, 15) is 5.11 Å². The molecule has 1 N–H and O–H groups in total. The predicted octanol–water partition coefficient (Wildman–Crippen LogP) is 13.8. The summed E-state index contributed by atoms with van der Waals surface area (Å²) in [6.07, 6.45) is 1.93. The van der Waals surface area contributed by atoms with E-state index in [4.69, 9.17) is 9.97 Å². The molecule has 2 aromatic heterocycles. The maximum Gasteiger partial charge on any atom is 0.145 e. The van der Waals surface area contributed by atoms with E-state index >= 15 is 0 Å². The van der Waals surface area contributed by atoms with Gasteiger partial charge in [-0.1, -0.05) is 141 Å². The molecule has 8 rings (SSSR count). The largest absolute Gasteiger partial charge is 0.507 e. The highest BCUT2D eigenvalue weighted by Gasteiger charge is 2.24. The molecule has 280 valence electrons. The van der Waals surface area contributed by atoms with Gasteiger partial charge in [-0.05, 0) is 104 Å². The molecule has 4 nitrogen and oxygen atoms in total. The van der Waals surface area contributed by atoms with Crippen molar-refractivity contribution >= 4 is 21.9 Å². The Morgan fingerprint density at radius 3 is 1.79 bits per heavy atom. The lowest BCUT2D eigenvalue weighted by atomic mass is 9.83. The lowest BCUT2D eigenvalue weighted by molar-refractivity contribution is 0.476. The van der Waals surface area contributed by atoms with Crippen LogP contribution in [0.5, 0.6) is 5.75 Å². The van der Waals surface area contributed by atoms with Crippen LogP contribution in [0.1, 0.15) is 79.0 Å². The molecule has 0 aliphatic heterocycles. The molecule has 0 unspecified atom stereocenters. The van der Waals surface area contributed by atoms with E-state index in [0.29, 0.717) is 0 Å². The first-order valence-electron chi connectivity index (χ1n) is 19.6. The maximum absolute atomic E-state index is 11.3. The minimum Gasteiger partial charge on any atom is -0.507 e. The normalized spacial score (nSPS) is 12.4. The van der Waals surface area contributed by atoms with E-state index in [0.717, 1.165) is 66.8 Å². The molecular weight excluding hydrogens is 683 g/mol. The van der Waals surface area contributed by atoms with Crippen LogP contribution in [0, 0.1) is 0 Å². The van der Waals surface area contributed by atoms with Gasteiger partial charge in [0.2, 0.25) is 0 Å². The highest BCUT2D eigenvalue weighted by molar-refractivity contribution is 6.03. The number of phenols is 1. The van der Waals surface area contributed by atoms with Gasteiger partial charge in [-0.2, -0.15) is 0 Å². The average Bonchev–Trinajstić information content (AvgIpc) is 3.57. The van der Waals surface area contributed by atoms with Crippen LogP contribution in [0.4, 0.5) is 0 Å². The Bertz CT molecular complexity index is 2730. The van der Waals surface area contributed by atoms with Crippen molar-refractivity contribution in [2.24, 2.45) is 0 Å². The van der Waals surface area contributed by atoms with Crippen LogP contribution in [-0.4, -0.2) is 19.6 Å². The molecule has 6 aromatic carbocycles. The zero-order valence-electron chi connectivity index (χ0n) is 34.1. The van der Waals surface area contributed by atoms with Crippen molar-refractivity contribution in [2.45, 2.75) is 78.6 Å². The van der Waals surface area contributed by atoms with Gasteiger partial charge in [0, 0.05) is 39.5 Å². The second-order valence-corrected chi connectivity index (χ2v) is 18.2. The summed E-state index contributed by atoms with van der Waals surface area (Å²) in [7, 11) is 0. The second kappa shape index (κ2) is 13.6. The summed E-state index contributed by atoms with van der Waals surface area (Å²) in [5.41, 5.74) is 14.5. The fourth-order valence-electron chi connectivity index (χ4n) is 7.70. The molecule has 0 spiro atoms. The van der Waals surface area contributed by atoms with Crippen molar-refractivity contribution in [3.63, 3.8) is 0 Å². The average molecular weight is 734 g/mol. The van der Waals surface area contributed by atoms with Gasteiger partial charge in [-0.3, -0.25) is 9.55 Å². The smallest absolute Gasteiger partial charge is 0.145 e. The number of hydrogen-bond acceptors (Lipinski definition) is 3. The highest BCUT2D eigenvalue weighted by Crippen LogP contribution is 2.42. The van der Waals surface area contributed by atoms with Gasteiger partial charge >= 0.3 is 0 Å². The van der Waals surface area contributed by atoms with Crippen LogP contribution < -0.4 is 0 Å². The zero-order valence-corrected chi connectivity index (χ0v) is 34.1. The Labute approximate surface area is 331 Å². The summed E-state index contributed by atoms with van der Waals surface area (Å²) in [4.78, 5) is 10.5. The van der Waals surface area contributed by atoms with Crippen molar-refractivity contribution in [1.82, 2.24) is 14.5 Å². The van der Waals surface area contributed by atoms with Crippen LogP contribution >= 0.6 is 0 Å². The first-order chi connectivity index (χ1) is 26.6. The van der Waals surface area contributed by atoms with Gasteiger partial charge in [0.25, 0.3) is 0 Å². The summed E-state index contributed by atoms with van der Waals surface area (Å²) < 4.78 is 2.27. The van der Waals surface area contributed by atoms with E-state index in [1.54, 1.807) is 0 Å². The molecule has 0 bridgehead atoms. The number of para-hydroxylation sites is 1. The van der Waals surface area contributed by atoms with Crippen LogP contribution in [0.3, 0.4) is 0 Å². The summed E-state index contributed by atoms with van der Waals surface area (Å²) in [6.45, 7) is 20.1. The molecule has 0 amide bonds. The quantitative estimate of drug-likeness (QED) is 0.192. The zero-order chi connectivity index (χ0) is 39.6. The number of pyridine rings is 1. The summed E-state index contributed by atoms with van der Waals surface area (Å²) in [5, 5.41) is 12.4. The summed E-state index contributed by atoms with van der Waals surface area (Å²) in [6, 6.07) is 47.2. The molecule has 56 heavy (non-hydrogen) atoms. The molecule has 0 aliphatic carbocycles. The number of phenolic OH excluding ortho intramolecular Hbond substituents is 1. The number of hydrogen-bond donors (Lipinski definition) is 1. The van der Waals surface area contributed by atoms with Crippen molar-refractivity contribution in [2.75, 3.05) is 0 Å². The maximum atomic E-state index is 11.3. The van der Waals surface area contributed by atoms with E-state index in [1.165, 1.54) is 22.3 Å². The summed E-state index contributed by atoms with van der Waals surface area (Å²) >= 11 is 0. The van der Waals surface area contributed by atoms with Gasteiger partial charge in [-0.25, -0.2) is 4.98 Å². The third-order valence-electron chi connectivity index (χ3n) is 11.1. The molecular formula is C52H51N3O. The molecule has 0 fully saturated rings. The van der Waals surface area contributed by atoms with Gasteiger partial charge in [-0.15, -0.1) is 0 Å². The molecule has 0 saturated carbocycles. The van der Waals surface area contributed by atoms with E-state index in [-0.39, 0.29) is 22.0 Å². The number of rotatable bonds is 5. The first-order valence-corrected chi connectivity index (χ1v) is 19.6. The second-order valence-electron chi connectivity index (χ2n) is 18.2. The Kier molecular flexibility index (Phi) is 9.00. The minimum absolute atomic E-state index is 0.0221. The monoisotopic (exact) mass is 733 g/mol. The SMILES string of the molecule is CC(C)(C)c1ccc(-n2c(-c3cccc(-c4cc(C(C)(C)C)cc5c(-c6ccccc6)ccnc45)c3)nc3c(-c4cc(C(C)(C)C)ccc4O)cccc32)cc1. The Morgan fingerprint density at radius 1 is 0.464 bits per heavy atom. The number of nitrogens with zero attached hydrogens (tertiary/aromatic N) is 3. The van der Waals surface area contributed by atoms with E-state index in [1.807, 2.05) is 18.3 Å². The molecule has 4 heteroatoms. The van der Waals surface area contributed by atoms with Crippen molar-refractivity contribution in [3.8, 4) is 56.2 Å². The molecule has 8 aromatic rings. The van der Waals surface area contributed by atoms with Crippen molar-refractivity contribution in [1.29, 1.82) is 0 Å². The predicted molar refractivity (Wildman–Crippen MR) is 236 cm³/mol. The third kappa shape index (κ3) is 6.79. The third-order valence-corrected chi connectivity index (χ3v) is 11.1. The van der Waals surface area contributed by atoms with Crippen LogP contribution in [0.25, 0.3) is 72.4 Å². The first kappa shape index (κ1) is 36.9. The van der Waals surface area contributed by atoms with Crippen molar-refractivity contribution in [3.05, 3.63) is 156 Å². The molecule has 0 radical (unpaired) electrons. The number of aromatic nitrogens is 3. The topological polar surface area (TPSA) is 50.9 Å². The lowest BCUT2D eigenvalue weighted by Gasteiger charge is -2.22. The molecule has 2 heterocycles. The van der Waals surface area contributed by atoms with Crippen molar-refractivity contribution < 1.29 is 5.11 Å². The van der Waals surface area contributed by atoms with Gasteiger partial charge in [0.15, 0.2) is 0 Å². The summed E-state index contributed by atoms with van der Waals surface area (Å²) in [5.74, 6) is 1.07. The van der Waals surface area contributed by atoms with E-state index in [2.05, 4.69) is 188 Å². The Morgan fingerprint density at radius 2 is 1.09 bits per heavy atom. The van der Waals surface area contributed by atoms with Crippen LogP contribution in [0.15, 0.2) is 140 Å². The van der Waals surface area contributed by atoms with Gasteiger partial charge in [0.1, 0.15) is 11.6 Å². The molecule has 0 saturated heterocycles. The Hall–Kier alpha value is -6.00. The fourth-order valence-corrected chi connectivity index (χ4v) is 7.70. The Balaban J connectivity index is 1.38. The van der Waals surface area contributed by atoms with Gasteiger partial charge < -0.3 is 5.11 Å². The number of imidazole rings is 1. The fraction of sp³-hybridized carbons (Fsp3) is 0.231. The number of fused-ring (bicyclic) bond motifs is 2. The molecule has 0 atom stereocenters. The number of benzene rings is 6. The lowest BCUT2D eigenvalue weighted by Crippen LogP contribution is -2.11. The standard InChI is InChI=1S/C52H51N3O/c1-50(2,3)36-21-24-39(25-22-36)55-45-20-14-19-41(43-30-37(51(4,5)6)23-26-46(43)56)48(45)54-49(55)35-18-13-17-34(29-35)42-31-38(52(7,8)9)32-44-40(27-28-53-47(42)44)33-15-11-10-12-16-33/h10-32,56H,1-9H3. The minimum atomic E-state index is -0.0821. The van der Waals surface area contributed by atoms with Crippen LogP contribution in [0.2, 0.25) is 0 Å². The van der Waals surface area contributed by atoms with E-state index < -0.39 is 0 Å². The highest BCUT2D eigenvalue weighted by atomic mass is 16.3. The van der Waals surface area contributed by atoms with Gasteiger partial charge in [0.05, 0.1) is 16.6 Å². The van der Waals surface area contributed by atoms with Crippen LogP contribution in [-0.2, 0) is 16.2 Å². The molecule has 0 aliphatic rings.